The molecule has 0 bridgehead atoms. The van der Waals surface area contributed by atoms with Crippen molar-refractivity contribution < 1.29 is 33.6 Å². The molecule has 1 unspecified atom stereocenters. The first-order valence-electron chi connectivity index (χ1n) is 15.1. The number of hydrogen-bond acceptors (Lipinski definition) is 5. The van der Waals surface area contributed by atoms with Gasteiger partial charge in [-0.3, -0.25) is 4.79 Å². The number of amides is 1. The van der Waals surface area contributed by atoms with Crippen molar-refractivity contribution in [3.63, 3.8) is 0 Å². The standard InChI is InChI=1S/C39H38N2O3S.Li/c1-28-11-9-10-16-34(28)36-25-30(19-22-35(36)38(42)40-37(39(43)44)23-24-45-2)27-41(33-14-7-4-8-15-33)26-29-17-20-32(21-18-29)31-12-5-3-6-13-31;/h3-22,25,37H,23-24,26-27H2,1-2H3,(H,40,42)(H,43,44);/q;+1/p-1. The van der Waals surface area contributed by atoms with Gasteiger partial charge in [-0.25, -0.2) is 0 Å². The number of aliphatic carboxylic acids is 1. The van der Waals surface area contributed by atoms with Crippen molar-refractivity contribution in [3.05, 3.63) is 150 Å². The number of thioether (sulfide) groups is 1. The zero-order valence-electron chi connectivity index (χ0n) is 26.6. The minimum absolute atomic E-state index is 0. The summed E-state index contributed by atoms with van der Waals surface area (Å²) in [6.45, 7) is 3.33. The average Bonchev–Trinajstić information content (AvgIpc) is 3.07. The molecule has 1 atom stereocenters. The second-order valence-electron chi connectivity index (χ2n) is 11.1. The minimum atomic E-state index is -1.28. The topological polar surface area (TPSA) is 72.5 Å². The van der Waals surface area contributed by atoms with E-state index in [1.165, 1.54) is 28.5 Å². The summed E-state index contributed by atoms with van der Waals surface area (Å²) in [4.78, 5) is 27.6. The van der Waals surface area contributed by atoms with Crippen LogP contribution >= 0.6 is 11.8 Å². The summed E-state index contributed by atoms with van der Waals surface area (Å²) in [6, 6.07) is 42.0. The Morgan fingerprint density at radius 2 is 1.33 bits per heavy atom. The van der Waals surface area contributed by atoms with Crippen LogP contribution in [0.2, 0.25) is 0 Å². The van der Waals surface area contributed by atoms with Gasteiger partial charge in [-0.05, 0) is 88.6 Å². The van der Waals surface area contributed by atoms with E-state index in [1.807, 2.05) is 86.0 Å². The van der Waals surface area contributed by atoms with E-state index in [1.54, 1.807) is 0 Å². The predicted octanol–water partition coefficient (Wildman–Crippen LogP) is 4.14. The Labute approximate surface area is 288 Å². The van der Waals surface area contributed by atoms with Gasteiger partial charge in [-0.1, -0.05) is 103 Å². The van der Waals surface area contributed by atoms with E-state index in [0.29, 0.717) is 30.8 Å². The molecular formula is C39H37LiN2O3S. The number of anilines is 1. The van der Waals surface area contributed by atoms with Crippen molar-refractivity contribution >= 4 is 29.3 Å². The van der Waals surface area contributed by atoms with Crippen LogP contribution in [0.3, 0.4) is 0 Å². The molecule has 5 aromatic carbocycles. The molecule has 5 nitrogen and oxygen atoms in total. The Hall–Kier alpha value is -4.21. The molecule has 228 valence electrons. The van der Waals surface area contributed by atoms with Gasteiger partial charge in [0.05, 0.1) is 12.0 Å². The Bertz CT molecular complexity index is 1730. The van der Waals surface area contributed by atoms with Gasteiger partial charge in [-0.2, -0.15) is 11.8 Å². The zero-order chi connectivity index (χ0) is 31.6. The van der Waals surface area contributed by atoms with Gasteiger partial charge >= 0.3 is 18.9 Å². The number of benzene rings is 5. The Balaban J connectivity index is 0.00000480. The van der Waals surface area contributed by atoms with Crippen LogP contribution in [0, 0.1) is 6.92 Å². The number of hydrogen-bond donors (Lipinski definition) is 1. The number of carboxylic acids is 1. The number of carbonyl (C=O) groups is 2. The number of carbonyl (C=O) groups excluding carboxylic acids is 2. The van der Waals surface area contributed by atoms with Crippen LogP contribution in [0.25, 0.3) is 22.3 Å². The maximum absolute atomic E-state index is 13.5. The van der Waals surface area contributed by atoms with Crippen molar-refractivity contribution in [2.75, 3.05) is 16.9 Å². The largest absolute Gasteiger partial charge is 1.00 e. The van der Waals surface area contributed by atoms with Crippen molar-refractivity contribution in [1.82, 2.24) is 5.32 Å². The van der Waals surface area contributed by atoms with Gasteiger partial charge in [-0.15, -0.1) is 0 Å². The molecular weight excluding hydrogens is 583 g/mol. The molecule has 46 heavy (non-hydrogen) atoms. The molecule has 5 aromatic rings. The van der Waals surface area contributed by atoms with Crippen LogP contribution in [0.1, 0.15) is 33.5 Å². The molecule has 1 N–H and O–H groups in total. The molecule has 0 saturated carbocycles. The van der Waals surface area contributed by atoms with E-state index in [9.17, 15) is 14.7 Å². The molecule has 5 rings (SSSR count). The second kappa shape index (κ2) is 16.9. The maximum Gasteiger partial charge on any atom is 1.00 e. The van der Waals surface area contributed by atoms with E-state index in [2.05, 4.69) is 64.8 Å². The van der Waals surface area contributed by atoms with Crippen LogP contribution < -0.4 is 34.2 Å². The molecule has 0 aliphatic heterocycles. The van der Waals surface area contributed by atoms with Crippen LogP contribution in [0.5, 0.6) is 0 Å². The number of nitrogens with one attached hydrogen (secondary N) is 1. The fourth-order valence-electron chi connectivity index (χ4n) is 5.46. The first-order valence-corrected chi connectivity index (χ1v) is 16.5. The number of aryl methyl sites for hydroxylation is 1. The summed E-state index contributed by atoms with van der Waals surface area (Å²) in [5.41, 5.74) is 8.85. The van der Waals surface area contributed by atoms with Crippen molar-refractivity contribution in [2.24, 2.45) is 0 Å². The smallest absolute Gasteiger partial charge is 0.548 e. The first kappa shape index (κ1) is 34.7. The van der Waals surface area contributed by atoms with Crippen LogP contribution in [-0.2, 0) is 17.9 Å². The summed E-state index contributed by atoms with van der Waals surface area (Å²) in [7, 11) is 0. The summed E-state index contributed by atoms with van der Waals surface area (Å²) < 4.78 is 0. The van der Waals surface area contributed by atoms with Gasteiger partial charge in [0, 0.05) is 24.3 Å². The Morgan fingerprint density at radius 3 is 1.98 bits per heavy atom. The third kappa shape index (κ3) is 8.95. The molecule has 0 spiro atoms. The SMILES string of the molecule is CSCCC(NC(=O)c1ccc(CN(Cc2ccc(-c3ccccc3)cc2)c2ccccc2)cc1-c1ccccc1C)C(=O)[O-].[Li+]. The van der Waals surface area contributed by atoms with Crippen LogP contribution in [-0.4, -0.2) is 29.9 Å². The minimum Gasteiger partial charge on any atom is -0.548 e. The fourth-order valence-corrected chi connectivity index (χ4v) is 5.93. The Morgan fingerprint density at radius 1 is 0.739 bits per heavy atom. The quantitative estimate of drug-likeness (QED) is 0.201. The van der Waals surface area contributed by atoms with E-state index in [-0.39, 0.29) is 18.9 Å². The molecule has 0 aliphatic carbocycles. The van der Waals surface area contributed by atoms with Crippen molar-refractivity contribution in [2.45, 2.75) is 32.5 Å². The summed E-state index contributed by atoms with van der Waals surface area (Å²) in [5.74, 6) is -1.09. The van der Waals surface area contributed by atoms with Gasteiger partial charge in [0.1, 0.15) is 0 Å². The molecule has 0 saturated heterocycles. The van der Waals surface area contributed by atoms with E-state index < -0.39 is 17.9 Å². The van der Waals surface area contributed by atoms with Crippen molar-refractivity contribution in [3.8, 4) is 22.3 Å². The van der Waals surface area contributed by atoms with Gasteiger partial charge in [0.15, 0.2) is 0 Å². The predicted molar refractivity (Wildman–Crippen MR) is 184 cm³/mol. The summed E-state index contributed by atoms with van der Waals surface area (Å²) >= 11 is 1.53. The Kier molecular flexibility index (Phi) is 12.7. The van der Waals surface area contributed by atoms with Gasteiger partial charge in [0.25, 0.3) is 5.91 Å². The summed E-state index contributed by atoms with van der Waals surface area (Å²) in [6.07, 6.45) is 2.20. The first-order chi connectivity index (χ1) is 21.9. The number of carboxylic acid groups (broad SMARTS) is 1. The van der Waals surface area contributed by atoms with E-state index in [4.69, 9.17) is 0 Å². The van der Waals surface area contributed by atoms with E-state index in [0.717, 1.165) is 27.9 Å². The molecule has 7 heteroatoms. The number of rotatable bonds is 13. The average molecular weight is 621 g/mol. The third-order valence-electron chi connectivity index (χ3n) is 7.89. The van der Waals surface area contributed by atoms with Gasteiger partial charge < -0.3 is 20.1 Å². The molecule has 1 amide bonds. The number of para-hydroxylation sites is 1. The molecule has 0 fully saturated rings. The van der Waals surface area contributed by atoms with Gasteiger partial charge in [0.2, 0.25) is 0 Å². The molecule has 0 aliphatic rings. The van der Waals surface area contributed by atoms with Crippen molar-refractivity contribution in [1.29, 1.82) is 0 Å². The van der Waals surface area contributed by atoms with E-state index >= 15 is 0 Å². The van der Waals surface area contributed by atoms with Crippen LogP contribution in [0.4, 0.5) is 5.69 Å². The third-order valence-corrected chi connectivity index (χ3v) is 8.54. The summed E-state index contributed by atoms with van der Waals surface area (Å²) in [5, 5.41) is 14.5. The molecule has 0 radical (unpaired) electrons. The zero-order valence-corrected chi connectivity index (χ0v) is 27.4. The number of nitrogens with zero attached hydrogens (tertiary/aromatic N) is 1. The molecule has 0 heterocycles. The van der Waals surface area contributed by atoms with Crippen LogP contribution in [0.15, 0.2) is 127 Å². The monoisotopic (exact) mass is 620 g/mol. The fraction of sp³-hybridized carbons (Fsp3) is 0.179. The normalized spacial score (nSPS) is 11.3. The second-order valence-corrected chi connectivity index (χ2v) is 12.1. The molecule has 0 aromatic heterocycles. The maximum atomic E-state index is 13.5.